The van der Waals surface area contributed by atoms with Gasteiger partial charge in [-0.25, -0.2) is 13.1 Å². The Hall–Kier alpha value is -1.24. The minimum absolute atomic E-state index is 0.0132. The molecule has 2 N–H and O–H groups in total. The van der Waals surface area contributed by atoms with Crippen molar-refractivity contribution >= 4 is 15.5 Å². The predicted octanol–water partition coefficient (Wildman–Crippen LogP) is 0.954. The highest BCUT2D eigenvalue weighted by atomic mass is 32.2. The molecule has 0 aliphatic heterocycles. The summed E-state index contributed by atoms with van der Waals surface area (Å²) in [4.78, 5) is 12.2. The van der Waals surface area contributed by atoms with Crippen molar-refractivity contribution in [3.63, 3.8) is 0 Å². The van der Waals surface area contributed by atoms with Crippen molar-refractivity contribution in [2.45, 2.75) is 52.1 Å². The number of aromatic nitrogens is 2. The molecule has 0 spiro atoms. The molecule has 0 saturated heterocycles. The van der Waals surface area contributed by atoms with E-state index in [-0.39, 0.29) is 23.6 Å². The standard InChI is InChI=1S/C13H23N3O3S/c1-3-7-15-12(10-5-6-10)11(14)13(17)16(15)8-9-20(18,19)4-2/h10H,3-9,14H2,1-2H3. The zero-order chi connectivity index (χ0) is 14.9. The second-order valence-electron chi connectivity index (χ2n) is 5.36. The lowest BCUT2D eigenvalue weighted by molar-refractivity contribution is 0.440. The van der Waals surface area contributed by atoms with E-state index < -0.39 is 9.84 Å². The number of anilines is 1. The molecule has 0 aromatic carbocycles. The Bertz CT molecular complexity index is 639. The van der Waals surface area contributed by atoms with E-state index in [2.05, 4.69) is 0 Å². The van der Waals surface area contributed by atoms with Gasteiger partial charge in [-0.3, -0.25) is 9.48 Å². The Morgan fingerprint density at radius 1 is 1.20 bits per heavy atom. The van der Waals surface area contributed by atoms with Crippen LogP contribution in [-0.4, -0.2) is 29.3 Å². The van der Waals surface area contributed by atoms with Gasteiger partial charge < -0.3 is 5.73 Å². The quantitative estimate of drug-likeness (QED) is 0.812. The summed E-state index contributed by atoms with van der Waals surface area (Å²) in [5.74, 6) is 0.459. The Labute approximate surface area is 119 Å². The molecule has 0 atom stereocenters. The Kier molecular flexibility index (Phi) is 4.27. The molecule has 20 heavy (non-hydrogen) atoms. The first kappa shape index (κ1) is 15.2. The van der Waals surface area contributed by atoms with Gasteiger partial charge in [0.1, 0.15) is 5.69 Å². The molecule has 6 nitrogen and oxygen atoms in total. The maximum atomic E-state index is 12.2. The highest BCUT2D eigenvalue weighted by molar-refractivity contribution is 7.91. The number of hydrogen-bond acceptors (Lipinski definition) is 4. The average Bonchev–Trinajstić information content (AvgIpc) is 3.20. The van der Waals surface area contributed by atoms with Crippen LogP contribution >= 0.6 is 0 Å². The number of rotatable bonds is 7. The fourth-order valence-electron chi connectivity index (χ4n) is 2.46. The van der Waals surface area contributed by atoms with E-state index >= 15 is 0 Å². The van der Waals surface area contributed by atoms with Crippen molar-refractivity contribution in [3.05, 3.63) is 16.0 Å². The van der Waals surface area contributed by atoms with E-state index in [1.165, 1.54) is 4.68 Å². The van der Waals surface area contributed by atoms with Crippen LogP contribution in [0.2, 0.25) is 0 Å². The van der Waals surface area contributed by atoms with E-state index in [1.54, 1.807) is 6.92 Å². The summed E-state index contributed by atoms with van der Waals surface area (Å²) >= 11 is 0. The molecule has 0 radical (unpaired) electrons. The second kappa shape index (κ2) is 5.63. The molecule has 1 aromatic heterocycles. The zero-order valence-electron chi connectivity index (χ0n) is 12.1. The highest BCUT2D eigenvalue weighted by Crippen LogP contribution is 2.42. The molecule has 114 valence electrons. The number of hydrogen-bond donors (Lipinski definition) is 1. The van der Waals surface area contributed by atoms with E-state index in [4.69, 9.17) is 5.73 Å². The zero-order valence-corrected chi connectivity index (χ0v) is 12.9. The highest BCUT2D eigenvalue weighted by Gasteiger charge is 2.32. The van der Waals surface area contributed by atoms with Crippen LogP contribution in [0.1, 0.15) is 44.7 Å². The largest absolute Gasteiger partial charge is 0.393 e. The van der Waals surface area contributed by atoms with E-state index in [0.717, 1.165) is 25.0 Å². The van der Waals surface area contributed by atoms with E-state index in [1.807, 2.05) is 11.6 Å². The molecule has 1 saturated carbocycles. The monoisotopic (exact) mass is 301 g/mol. The maximum Gasteiger partial charge on any atom is 0.290 e. The van der Waals surface area contributed by atoms with Crippen molar-refractivity contribution in [3.8, 4) is 0 Å². The summed E-state index contributed by atoms with van der Waals surface area (Å²) in [6.45, 7) is 4.54. The van der Waals surface area contributed by atoms with Gasteiger partial charge in [0.05, 0.1) is 18.0 Å². The first-order valence-electron chi connectivity index (χ1n) is 7.20. The number of sulfone groups is 1. The maximum absolute atomic E-state index is 12.2. The predicted molar refractivity (Wildman–Crippen MR) is 79.7 cm³/mol. The average molecular weight is 301 g/mol. The molecule has 1 aliphatic rings. The van der Waals surface area contributed by atoms with Crippen molar-refractivity contribution in [2.24, 2.45) is 0 Å². The Morgan fingerprint density at radius 2 is 1.85 bits per heavy atom. The summed E-state index contributed by atoms with van der Waals surface area (Å²) in [6.07, 6.45) is 3.00. The molecule has 0 amide bonds. The summed E-state index contributed by atoms with van der Waals surface area (Å²) in [7, 11) is -3.09. The van der Waals surface area contributed by atoms with Crippen LogP contribution in [0.25, 0.3) is 0 Å². The van der Waals surface area contributed by atoms with Crippen molar-refractivity contribution in [2.75, 3.05) is 17.2 Å². The molecule has 2 rings (SSSR count). The topological polar surface area (TPSA) is 87.1 Å². The molecule has 0 unspecified atom stereocenters. The van der Waals surface area contributed by atoms with Crippen LogP contribution in [0.3, 0.4) is 0 Å². The van der Waals surface area contributed by atoms with Gasteiger partial charge >= 0.3 is 0 Å². The van der Waals surface area contributed by atoms with Gasteiger partial charge in [0.2, 0.25) is 0 Å². The molecule has 1 fully saturated rings. The van der Waals surface area contributed by atoms with Crippen molar-refractivity contribution in [1.82, 2.24) is 9.36 Å². The van der Waals surface area contributed by atoms with Gasteiger partial charge in [0, 0.05) is 18.2 Å². The first-order valence-corrected chi connectivity index (χ1v) is 9.02. The molecule has 1 heterocycles. The van der Waals surface area contributed by atoms with Crippen LogP contribution in [0.5, 0.6) is 0 Å². The van der Waals surface area contributed by atoms with Crippen LogP contribution in [0, 0.1) is 0 Å². The minimum Gasteiger partial charge on any atom is -0.393 e. The van der Waals surface area contributed by atoms with Gasteiger partial charge in [-0.1, -0.05) is 13.8 Å². The third kappa shape index (κ3) is 2.92. The Balaban J connectivity index is 2.36. The summed E-state index contributed by atoms with van der Waals surface area (Å²) in [5.41, 5.74) is 6.91. The van der Waals surface area contributed by atoms with Gasteiger partial charge in [-0.05, 0) is 19.3 Å². The molecule has 1 aliphatic carbocycles. The first-order chi connectivity index (χ1) is 9.41. The molecular formula is C13H23N3O3S. The SMILES string of the molecule is CCCn1c(C2CC2)c(N)c(=O)n1CCS(=O)(=O)CC. The number of nitrogen functional groups attached to an aromatic ring is 1. The van der Waals surface area contributed by atoms with Gasteiger partial charge in [-0.2, -0.15) is 0 Å². The molecule has 0 bridgehead atoms. The van der Waals surface area contributed by atoms with Crippen LogP contribution < -0.4 is 11.3 Å². The lowest BCUT2D eigenvalue weighted by atomic mass is 10.2. The van der Waals surface area contributed by atoms with E-state index in [9.17, 15) is 13.2 Å². The third-order valence-electron chi connectivity index (χ3n) is 3.76. The lowest BCUT2D eigenvalue weighted by Gasteiger charge is -2.13. The smallest absolute Gasteiger partial charge is 0.290 e. The van der Waals surface area contributed by atoms with Crippen LogP contribution in [-0.2, 0) is 22.9 Å². The third-order valence-corrected chi connectivity index (χ3v) is 5.45. The second-order valence-corrected chi connectivity index (χ2v) is 7.83. The number of nitrogens with zero attached hydrogens (tertiary/aromatic N) is 2. The van der Waals surface area contributed by atoms with Gasteiger partial charge in [0.15, 0.2) is 9.84 Å². The normalized spacial score (nSPS) is 15.7. The molecular weight excluding hydrogens is 278 g/mol. The van der Waals surface area contributed by atoms with Crippen molar-refractivity contribution < 1.29 is 8.42 Å². The fraction of sp³-hybridized carbons (Fsp3) is 0.769. The van der Waals surface area contributed by atoms with E-state index in [0.29, 0.717) is 18.2 Å². The van der Waals surface area contributed by atoms with Crippen LogP contribution in [0.4, 0.5) is 5.69 Å². The summed E-state index contributed by atoms with van der Waals surface area (Å²) in [6, 6.07) is 0. The number of nitrogens with two attached hydrogens (primary N) is 1. The van der Waals surface area contributed by atoms with Crippen LogP contribution in [0.15, 0.2) is 4.79 Å². The van der Waals surface area contributed by atoms with Gasteiger partial charge in [0.25, 0.3) is 5.56 Å². The van der Waals surface area contributed by atoms with Crippen molar-refractivity contribution in [1.29, 1.82) is 0 Å². The van der Waals surface area contributed by atoms with Gasteiger partial charge in [-0.15, -0.1) is 0 Å². The molecule has 1 aromatic rings. The minimum atomic E-state index is -3.09. The Morgan fingerprint density at radius 3 is 2.35 bits per heavy atom. The fourth-order valence-corrected chi connectivity index (χ4v) is 3.20. The lowest BCUT2D eigenvalue weighted by Crippen LogP contribution is -2.28. The summed E-state index contributed by atoms with van der Waals surface area (Å²) in [5, 5.41) is 0. The summed E-state index contributed by atoms with van der Waals surface area (Å²) < 4.78 is 26.7. The molecule has 7 heteroatoms.